The second-order valence-corrected chi connectivity index (χ2v) is 6.06. The summed E-state index contributed by atoms with van der Waals surface area (Å²) >= 11 is 3.55. The fraction of sp³-hybridized carbons (Fsp3) is 0.600. The van der Waals surface area contributed by atoms with Crippen LogP contribution in [-0.2, 0) is 4.74 Å². The summed E-state index contributed by atoms with van der Waals surface area (Å²) in [7, 11) is 0. The average Bonchev–Trinajstić information content (AvgIpc) is 2.83. The normalized spacial score (nSPS) is 24.4. The molecule has 3 atom stereocenters. The highest BCUT2D eigenvalue weighted by Crippen LogP contribution is 2.33. The van der Waals surface area contributed by atoms with Crippen molar-refractivity contribution in [2.45, 2.75) is 38.8 Å². The van der Waals surface area contributed by atoms with Crippen molar-refractivity contribution in [3.63, 3.8) is 0 Å². The number of ether oxygens (including phenoxy) is 2. The summed E-state index contributed by atoms with van der Waals surface area (Å²) in [6.07, 6.45) is 2.37. The van der Waals surface area contributed by atoms with E-state index in [1.54, 1.807) is 0 Å². The van der Waals surface area contributed by atoms with Crippen LogP contribution in [0.2, 0.25) is 0 Å². The van der Waals surface area contributed by atoms with Gasteiger partial charge in [-0.1, -0.05) is 13.0 Å². The Morgan fingerprint density at radius 2 is 2.32 bits per heavy atom. The fourth-order valence-corrected chi connectivity index (χ4v) is 2.94. The Kier molecular flexibility index (Phi) is 5.25. The van der Waals surface area contributed by atoms with Crippen LogP contribution in [0, 0.1) is 5.92 Å². The van der Waals surface area contributed by atoms with Crippen LogP contribution < -0.4 is 10.5 Å². The molecule has 106 valence electrons. The molecule has 1 aliphatic rings. The molecule has 0 radical (unpaired) electrons. The highest BCUT2D eigenvalue weighted by molar-refractivity contribution is 9.10. The van der Waals surface area contributed by atoms with Gasteiger partial charge in [0.1, 0.15) is 5.75 Å². The van der Waals surface area contributed by atoms with Crippen molar-refractivity contribution >= 4 is 15.9 Å². The SMILES string of the molecule is CCCOc1ccc(C(N)C2COC(C)C2)cc1Br. The minimum absolute atomic E-state index is 0.0291. The molecule has 2 rings (SSSR count). The second-order valence-electron chi connectivity index (χ2n) is 5.20. The molecule has 1 fully saturated rings. The molecule has 19 heavy (non-hydrogen) atoms. The van der Waals surface area contributed by atoms with E-state index >= 15 is 0 Å². The quantitative estimate of drug-likeness (QED) is 0.897. The topological polar surface area (TPSA) is 44.5 Å². The van der Waals surface area contributed by atoms with Gasteiger partial charge in [0.25, 0.3) is 0 Å². The van der Waals surface area contributed by atoms with Crippen molar-refractivity contribution in [3.05, 3.63) is 28.2 Å². The molecule has 0 saturated carbocycles. The summed E-state index contributed by atoms with van der Waals surface area (Å²) < 4.78 is 12.2. The average molecular weight is 328 g/mol. The van der Waals surface area contributed by atoms with Gasteiger partial charge in [-0.05, 0) is 53.4 Å². The van der Waals surface area contributed by atoms with Gasteiger partial charge in [0.15, 0.2) is 0 Å². The van der Waals surface area contributed by atoms with Crippen LogP contribution in [0.5, 0.6) is 5.75 Å². The standard InChI is InChI=1S/C15H22BrNO2/c1-3-6-18-14-5-4-11(8-13(14)16)15(17)12-7-10(2)19-9-12/h4-5,8,10,12,15H,3,6-7,9,17H2,1-2H3. The first-order valence-corrected chi connectivity index (χ1v) is 7.70. The maximum Gasteiger partial charge on any atom is 0.133 e. The Labute approximate surface area is 123 Å². The Bertz CT molecular complexity index is 425. The minimum Gasteiger partial charge on any atom is -0.492 e. The number of nitrogens with two attached hydrogens (primary N) is 1. The third kappa shape index (κ3) is 3.71. The van der Waals surface area contributed by atoms with Crippen molar-refractivity contribution in [2.24, 2.45) is 11.7 Å². The predicted molar refractivity (Wildman–Crippen MR) is 80.4 cm³/mol. The van der Waals surface area contributed by atoms with Gasteiger partial charge in [-0.2, -0.15) is 0 Å². The molecule has 0 amide bonds. The van der Waals surface area contributed by atoms with Gasteiger partial charge >= 0.3 is 0 Å². The summed E-state index contributed by atoms with van der Waals surface area (Å²) in [4.78, 5) is 0. The number of hydrogen-bond acceptors (Lipinski definition) is 3. The van der Waals surface area contributed by atoms with Crippen LogP contribution in [0.15, 0.2) is 22.7 Å². The third-order valence-corrected chi connectivity index (χ3v) is 4.16. The van der Waals surface area contributed by atoms with Crippen molar-refractivity contribution in [2.75, 3.05) is 13.2 Å². The summed E-state index contributed by atoms with van der Waals surface area (Å²) in [6, 6.07) is 6.15. The van der Waals surface area contributed by atoms with Gasteiger partial charge < -0.3 is 15.2 Å². The Hall–Kier alpha value is -0.580. The van der Waals surface area contributed by atoms with Crippen LogP contribution in [0.1, 0.15) is 38.3 Å². The summed E-state index contributed by atoms with van der Waals surface area (Å²) in [5, 5.41) is 0. The molecule has 1 heterocycles. The zero-order valence-electron chi connectivity index (χ0n) is 11.6. The maximum atomic E-state index is 6.34. The van der Waals surface area contributed by atoms with Crippen molar-refractivity contribution in [1.82, 2.24) is 0 Å². The molecule has 3 nitrogen and oxygen atoms in total. The molecule has 0 bridgehead atoms. The van der Waals surface area contributed by atoms with Gasteiger partial charge in [-0.25, -0.2) is 0 Å². The van der Waals surface area contributed by atoms with E-state index in [1.165, 1.54) is 0 Å². The van der Waals surface area contributed by atoms with Crippen LogP contribution in [0.3, 0.4) is 0 Å². The molecule has 0 aliphatic carbocycles. The monoisotopic (exact) mass is 327 g/mol. The molecule has 2 N–H and O–H groups in total. The van der Waals surface area contributed by atoms with Crippen LogP contribution in [0.4, 0.5) is 0 Å². The van der Waals surface area contributed by atoms with E-state index < -0.39 is 0 Å². The number of hydrogen-bond donors (Lipinski definition) is 1. The molecule has 4 heteroatoms. The molecule has 3 unspecified atom stereocenters. The molecule has 1 aromatic rings. The van der Waals surface area contributed by atoms with Crippen molar-refractivity contribution in [1.29, 1.82) is 0 Å². The smallest absolute Gasteiger partial charge is 0.133 e. The number of benzene rings is 1. The van der Waals surface area contributed by atoms with Gasteiger partial charge in [0.2, 0.25) is 0 Å². The zero-order chi connectivity index (χ0) is 13.8. The van der Waals surface area contributed by atoms with E-state index in [4.69, 9.17) is 15.2 Å². The van der Waals surface area contributed by atoms with Crippen molar-refractivity contribution < 1.29 is 9.47 Å². The molecule has 0 spiro atoms. The number of halogens is 1. The van der Waals surface area contributed by atoms with E-state index in [9.17, 15) is 0 Å². The Morgan fingerprint density at radius 1 is 1.53 bits per heavy atom. The largest absolute Gasteiger partial charge is 0.492 e. The van der Waals surface area contributed by atoms with Crippen LogP contribution in [0.25, 0.3) is 0 Å². The molecule has 0 aromatic heterocycles. The van der Waals surface area contributed by atoms with Gasteiger partial charge in [-0.15, -0.1) is 0 Å². The minimum atomic E-state index is 0.0291. The molecular formula is C15H22BrNO2. The third-order valence-electron chi connectivity index (χ3n) is 3.54. The van der Waals surface area contributed by atoms with E-state index in [2.05, 4.69) is 41.9 Å². The maximum absolute atomic E-state index is 6.34. The first kappa shape index (κ1) is 14.8. The van der Waals surface area contributed by atoms with E-state index in [-0.39, 0.29) is 6.04 Å². The lowest BCUT2D eigenvalue weighted by atomic mass is 9.92. The second kappa shape index (κ2) is 6.73. The summed E-state index contributed by atoms with van der Waals surface area (Å²) in [5.74, 6) is 1.29. The lowest BCUT2D eigenvalue weighted by molar-refractivity contribution is 0.118. The molecular weight excluding hydrogens is 306 g/mol. The van der Waals surface area contributed by atoms with E-state index in [0.717, 1.165) is 41.8 Å². The Balaban J connectivity index is 2.06. The summed E-state index contributed by atoms with van der Waals surface area (Å²) in [5.41, 5.74) is 7.48. The Morgan fingerprint density at radius 3 is 2.89 bits per heavy atom. The van der Waals surface area contributed by atoms with Gasteiger partial charge in [0, 0.05) is 12.0 Å². The lowest BCUT2D eigenvalue weighted by Crippen LogP contribution is -2.21. The number of rotatable bonds is 5. The van der Waals surface area contributed by atoms with Crippen LogP contribution in [-0.4, -0.2) is 19.3 Å². The van der Waals surface area contributed by atoms with Crippen LogP contribution >= 0.6 is 15.9 Å². The zero-order valence-corrected chi connectivity index (χ0v) is 13.2. The predicted octanol–water partition coefficient (Wildman–Crippen LogP) is 3.66. The van der Waals surface area contributed by atoms with E-state index in [0.29, 0.717) is 12.0 Å². The van der Waals surface area contributed by atoms with E-state index in [1.807, 2.05) is 6.07 Å². The first-order chi connectivity index (χ1) is 9.11. The van der Waals surface area contributed by atoms with Gasteiger partial charge in [-0.3, -0.25) is 0 Å². The van der Waals surface area contributed by atoms with Gasteiger partial charge in [0.05, 0.1) is 23.8 Å². The summed E-state index contributed by atoms with van der Waals surface area (Å²) in [6.45, 7) is 5.69. The highest BCUT2D eigenvalue weighted by Gasteiger charge is 2.28. The lowest BCUT2D eigenvalue weighted by Gasteiger charge is -2.19. The molecule has 1 aromatic carbocycles. The fourth-order valence-electron chi connectivity index (χ4n) is 2.43. The first-order valence-electron chi connectivity index (χ1n) is 6.91. The molecule has 1 saturated heterocycles. The van der Waals surface area contributed by atoms with Crippen molar-refractivity contribution in [3.8, 4) is 5.75 Å². The highest BCUT2D eigenvalue weighted by atomic mass is 79.9. The molecule has 1 aliphatic heterocycles.